The molecule has 0 aliphatic rings. The van der Waals surface area contributed by atoms with Gasteiger partial charge in [-0.25, -0.2) is 4.79 Å². The van der Waals surface area contributed by atoms with E-state index in [0.717, 1.165) is 16.7 Å². The molecule has 0 spiro atoms. The predicted molar refractivity (Wildman–Crippen MR) is 108 cm³/mol. The van der Waals surface area contributed by atoms with Crippen molar-refractivity contribution >= 4 is 6.09 Å². The Morgan fingerprint density at radius 3 is 2.62 bits per heavy atom. The number of rotatable bonds is 7. The maximum atomic E-state index is 11.8. The Kier molecular flexibility index (Phi) is 6.69. The molecule has 0 bridgehead atoms. The number of nitrogens with zero attached hydrogens (tertiary/aromatic N) is 1. The molecule has 0 atom stereocenters. The molecule has 29 heavy (non-hydrogen) atoms. The monoisotopic (exact) mass is 388 g/mol. The van der Waals surface area contributed by atoms with Crippen LogP contribution in [0.2, 0.25) is 0 Å². The van der Waals surface area contributed by atoms with E-state index >= 15 is 0 Å². The summed E-state index contributed by atoms with van der Waals surface area (Å²) in [5.41, 5.74) is 2.87. The molecule has 0 aliphatic carbocycles. The van der Waals surface area contributed by atoms with Crippen molar-refractivity contribution in [3.05, 3.63) is 83.9 Å². The quantitative estimate of drug-likeness (QED) is 0.591. The summed E-state index contributed by atoms with van der Waals surface area (Å²) in [5, 5.41) is 21.5. The molecule has 6 nitrogen and oxygen atoms in total. The predicted octanol–water partition coefficient (Wildman–Crippen LogP) is 4.24. The van der Waals surface area contributed by atoms with Crippen molar-refractivity contribution in [1.29, 1.82) is 5.26 Å². The molecule has 3 rings (SSSR count). The van der Waals surface area contributed by atoms with E-state index < -0.39 is 6.09 Å². The average molecular weight is 388 g/mol. The van der Waals surface area contributed by atoms with Crippen LogP contribution in [0, 0.1) is 11.3 Å². The SMILES string of the molecule is N#Cc1ccc(-c2cccc(O)c2)c(OCCNC(=O)OCc2ccccc2)c1. The Balaban J connectivity index is 1.56. The molecule has 0 aromatic heterocycles. The number of ether oxygens (including phenoxy) is 2. The van der Waals surface area contributed by atoms with Gasteiger partial charge in [0.15, 0.2) is 0 Å². The lowest BCUT2D eigenvalue weighted by atomic mass is 10.0. The van der Waals surface area contributed by atoms with Crippen LogP contribution in [0.25, 0.3) is 11.1 Å². The van der Waals surface area contributed by atoms with Crippen LogP contribution in [0.4, 0.5) is 4.79 Å². The van der Waals surface area contributed by atoms with Crippen molar-refractivity contribution in [2.45, 2.75) is 6.61 Å². The highest BCUT2D eigenvalue weighted by atomic mass is 16.5. The third-order valence-electron chi connectivity index (χ3n) is 4.11. The third kappa shape index (κ3) is 5.75. The van der Waals surface area contributed by atoms with Crippen LogP contribution in [-0.4, -0.2) is 24.4 Å². The zero-order valence-electron chi connectivity index (χ0n) is 15.7. The number of nitriles is 1. The van der Waals surface area contributed by atoms with E-state index in [9.17, 15) is 9.90 Å². The number of nitrogens with one attached hydrogen (secondary N) is 1. The number of amides is 1. The molecule has 1 amide bonds. The minimum atomic E-state index is -0.531. The van der Waals surface area contributed by atoms with Crippen molar-refractivity contribution in [2.75, 3.05) is 13.2 Å². The fourth-order valence-corrected chi connectivity index (χ4v) is 2.71. The Morgan fingerprint density at radius 2 is 1.86 bits per heavy atom. The molecule has 0 saturated heterocycles. The number of carbonyl (C=O) groups is 1. The summed E-state index contributed by atoms with van der Waals surface area (Å²) < 4.78 is 10.9. The number of phenolic OH excluding ortho intramolecular Hbond substituents is 1. The molecule has 3 aromatic carbocycles. The van der Waals surface area contributed by atoms with Crippen LogP contribution in [0.3, 0.4) is 0 Å². The molecule has 0 aliphatic heterocycles. The molecule has 0 fully saturated rings. The zero-order valence-corrected chi connectivity index (χ0v) is 15.7. The summed E-state index contributed by atoms with van der Waals surface area (Å²) in [4.78, 5) is 11.8. The Hall–Kier alpha value is -3.98. The highest BCUT2D eigenvalue weighted by Gasteiger charge is 2.09. The van der Waals surface area contributed by atoms with Crippen molar-refractivity contribution < 1.29 is 19.4 Å². The molecule has 0 heterocycles. The smallest absolute Gasteiger partial charge is 0.407 e. The molecular formula is C23H20N2O4. The standard InChI is InChI=1S/C23H20N2O4/c24-15-18-9-10-21(19-7-4-8-20(26)14-19)22(13-18)28-12-11-25-23(27)29-16-17-5-2-1-3-6-17/h1-10,13-14,26H,11-12,16H2,(H,25,27). The zero-order chi connectivity index (χ0) is 20.5. The number of benzene rings is 3. The molecule has 0 unspecified atom stereocenters. The first kappa shape index (κ1) is 19.8. The van der Waals surface area contributed by atoms with Crippen molar-refractivity contribution in [3.63, 3.8) is 0 Å². The van der Waals surface area contributed by atoms with Gasteiger partial charge in [0.25, 0.3) is 0 Å². The lowest BCUT2D eigenvalue weighted by molar-refractivity contribution is 0.137. The third-order valence-corrected chi connectivity index (χ3v) is 4.11. The van der Waals surface area contributed by atoms with Gasteiger partial charge in [-0.05, 0) is 41.5 Å². The second-order valence-corrected chi connectivity index (χ2v) is 6.21. The maximum absolute atomic E-state index is 11.8. The largest absolute Gasteiger partial charge is 0.508 e. The Bertz CT molecular complexity index is 1010. The summed E-state index contributed by atoms with van der Waals surface area (Å²) in [6, 6.07) is 23.3. The highest BCUT2D eigenvalue weighted by Crippen LogP contribution is 2.32. The van der Waals surface area contributed by atoms with E-state index in [1.807, 2.05) is 36.4 Å². The van der Waals surface area contributed by atoms with E-state index in [1.165, 1.54) is 0 Å². The lowest BCUT2D eigenvalue weighted by Crippen LogP contribution is -2.28. The van der Waals surface area contributed by atoms with E-state index in [1.54, 1.807) is 36.4 Å². The van der Waals surface area contributed by atoms with Crippen LogP contribution in [-0.2, 0) is 11.3 Å². The fraction of sp³-hybridized carbons (Fsp3) is 0.130. The topological polar surface area (TPSA) is 91.6 Å². The van der Waals surface area contributed by atoms with Gasteiger partial charge in [0, 0.05) is 5.56 Å². The van der Waals surface area contributed by atoms with E-state index in [4.69, 9.17) is 14.7 Å². The number of carbonyl (C=O) groups excluding carboxylic acids is 1. The van der Waals surface area contributed by atoms with Crippen molar-refractivity contribution in [2.24, 2.45) is 0 Å². The molecule has 0 radical (unpaired) electrons. The second-order valence-electron chi connectivity index (χ2n) is 6.21. The normalized spacial score (nSPS) is 10.0. The lowest BCUT2D eigenvalue weighted by Gasteiger charge is -2.13. The van der Waals surface area contributed by atoms with Crippen LogP contribution in [0.5, 0.6) is 11.5 Å². The van der Waals surface area contributed by atoms with Gasteiger partial charge in [0.1, 0.15) is 24.7 Å². The molecular weight excluding hydrogens is 368 g/mol. The Morgan fingerprint density at radius 1 is 1.03 bits per heavy atom. The average Bonchev–Trinajstić information content (AvgIpc) is 2.76. The van der Waals surface area contributed by atoms with Gasteiger partial charge in [-0.15, -0.1) is 0 Å². The Labute approximate surface area is 168 Å². The summed E-state index contributed by atoms with van der Waals surface area (Å²) in [5.74, 6) is 0.634. The van der Waals surface area contributed by atoms with Gasteiger partial charge in [0.2, 0.25) is 0 Å². The van der Waals surface area contributed by atoms with Gasteiger partial charge in [-0.1, -0.05) is 42.5 Å². The van der Waals surface area contributed by atoms with Crippen molar-refractivity contribution in [1.82, 2.24) is 5.32 Å². The first-order valence-electron chi connectivity index (χ1n) is 9.06. The minimum absolute atomic E-state index is 0.139. The summed E-state index contributed by atoms with van der Waals surface area (Å²) in [6.45, 7) is 0.629. The van der Waals surface area contributed by atoms with E-state index in [2.05, 4.69) is 11.4 Å². The molecule has 3 aromatic rings. The fourth-order valence-electron chi connectivity index (χ4n) is 2.71. The summed E-state index contributed by atoms with van der Waals surface area (Å²) in [7, 11) is 0. The van der Waals surface area contributed by atoms with Crippen LogP contribution >= 0.6 is 0 Å². The summed E-state index contributed by atoms with van der Waals surface area (Å²) >= 11 is 0. The number of hydrogen-bond acceptors (Lipinski definition) is 5. The van der Waals surface area contributed by atoms with Crippen LogP contribution in [0.1, 0.15) is 11.1 Å². The first-order chi connectivity index (χ1) is 14.2. The first-order valence-corrected chi connectivity index (χ1v) is 9.06. The number of hydrogen-bond donors (Lipinski definition) is 2. The van der Waals surface area contributed by atoms with Gasteiger partial charge in [0.05, 0.1) is 18.2 Å². The summed E-state index contributed by atoms with van der Waals surface area (Å²) in [6.07, 6.45) is -0.531. The second kappa shape index (κ2) is 9.81. The van der Waals surface area contributed by atoms with Gasteiger partial charge in [-0.3, -0.25) is 0 Å². The van der Waals surface area contributed by atoms with E-state index in [-0.39, 0.29) is 25.5 Å². The maximum Gasteiger partial charge on any atom is 0.407 e. The van der Waals surface area contributed by atoms with Gasteiger partial charge in [-0.2, -0.15) is 5.26 Å². The number of alkyl carbamates (subject to hydrolysis) is 1. The molecule has 2 N–H and O–H groups in total. The van der Waals surface area contributed by atoms with Gasteiger partial charge >= 0.3 is 6.09 Å². The molecule has 0 saturated carbocycles. The molecule has 146 valence electrons. The minimum Gasteiger partial charge on any atom is -0.508 e. The van der Waals surface area contributed by atoms with E-state index in [0.29, 0.717) is 11.3 Å². The van der Waals surface area contributed by atoms with Gasteiger partial charge < -0.3 is 19.9 Å². The number of aromatic hydroxyl groups is 1. The highest BCUT2D eigenvalue weighted by molar-refractivity contribution is 5.72. The molecule has 6 heteroatoms. The van der Waals surface area contributed by atoms with Crippen LogP contribution in [0.15, 0.2) is 72.8 Å². The van der Waals surface area contributed by atoms with Crippen molar-refractivity contribution in [3.8, 4) is 28.7 Å². The van der Waals surface area contributed by atoms with Crippen LogP contribution < -0.4 is 10.1 Å². The number of phenols is 1.